The van der Waals surface area contributed by atoms with Gasteiger partial charge >= 0.3 is 0 Å². The SMILES string of the molecule is Nc1ccccc1CNC(=O)c1ccccc1. The van der Waals surface area contributed by atoms with Crippen molar-refractivity contribution in [1.29, 1.82) is 0 Å². The number of hydrogen-bond acceptors (Lipinski definition) is 2. The minimum Gasteiger partial charge on any atom is -0.398 e. The Hall–Kier alpha value is -2.29. The van der Waals surface area contributed by atoms with Crippen LogP contribution in [0, 0.1) is 0 Å². The number of amides is 1. The van der Waals surface area contributed by atoms with Crippen LogP contribution in [0.5, 0.6) is 0 Å². The van der Waals surface area contributed by atoms with Gasteiger partial charge in [-0.2, -0.15) is 0 Å². The first-order chi connectivity index (χ1) is 8.27. The largest absolute Gasteiger partial charge is 0.398 e. The van der Waals surface area contributed by atoms with Crippen LogP contribution in [0.4, 0.5) is 5.69 Å². The van der Waals surface area contributed by atoms with Crippen LogP contribution in [0.1, 0.15) is 15.9 Å². The monoisotopic (exact) mass is 226 g/mol. The first-order valence-electron chi connectivity index (χ1n) is 5.44. The minimum absolute atomic E-state index is 0.0890. The Balaban J connectivity index is 2.00. The Kier molecular flexibility index (Phi) is 3.40. The molecule has 2 aromatic rings. The van der Waals surface area contributed by atoms with E-state index < -0.39 is 0 Å². The molecule has 3 nitrogen and oxygen atoms in total. The fourth-order valence-corrected chi connectivity index (χ4v) is 1.56. The predicted molar refractivity (Wildman–Crippen MR) is 68.5 cm³/mol. The third-order valence-corrected chi connectivity index (χ3v) is 2.53. The lowest BCUT2D eigenvalue weighted by molar-refractivity contribution is 0.0951. The van der Waals surface area contributed by atoms with Gasteiger partial charge in [0.2, 0.25) is 0 Å². The van der Waals surface area contributed by atoms with Gasteiger partial charge in [-0.3, -0.25) is 4.79 Å². The van der Waals surface area contributed by atoms with Crippen molar-refractivity contribution in [1.82, 2.24) is 5.32 Å². The minimum atomic E-state index is -0.0890. The molecule has 0 spiro atoms. The fourth-order valence-electron chi connectivity index (χ4n) is 1.56. The molecule has 86 valence electrons. The molecule has 0 radical (unpaired) electrons. The van der Waals surface area contributed by atoms with E-state index in [4.69, 9.17) is 5.73 Å². The van der Waals surface area contributed by atoms with Crippen molar-refractivity contribution in [3.05, 3.63) is 65.7 Å². The number of nitrogens with two attached hydrogens (primary N) is 1. The molecule has 17 heavy (non-hydrogen) atoms. The maximum Gasteiger partial charge on any atom is 0.251 e. The summed E-state index contributed by atoms with van der Waals surface area (Å²) in [5.74, 6) is -0.0890. The van der Waals surface area contributed by atoms with Crippen LogP contribution in [-0.4, -0.2) is 5.91 Å². The average Bonchev–Trinajstić information content (AvgIpc) is 2.38. The molecule has 0 aromatic heterocycles. The Morgan fingerprint density at radius 3 is 2.35 bits per heavy atom. The van der Waals surface area contributed by atoms with Crippen molar-refractivity contribution in [3.63, 3.8) is 0 Å². The molecule has 0 heterocycles. The highest BCUT2D eigenvalue weighted by Gasteiger charge is 2.04. The Bertz CT molecular complexity index is 509. The number of carbonyl (C=O) groups is 1. The van der Waals surface area contributed by atoms with Gasteiger partial charge in [0.05, 0.1) is 0 Å². The summed E-state index contributed by atoms with van der Waals surface area (Å²) in [5, 5.41) is 2.84. The highest BCUT2D eigenvalue weighted by Crippen LogP contribution is 2.10. The summed E-state index contributed by atoms with van der Waals surface area (Å²) in [6.45, 7) is 0.445. The molecule has 0 saturated carbocycles. The summed E-state index contributed by atoms with van der Waals surface area (Å²) in [5.41, 5.74) is 8.07. The summed E-state index contributed by atoms with van der Waals surface area (Å²) >= 11 is 0. The number of rotatable bonds is 3. The highest BCUT2D eigenvalue weighted by molar-refractivity contribution is 5.94. The Morgan fingerprint density at radius 2 is 1.65 bits per heavy atom. The molecule has 0 atom stereocenters. The van der Waals surface area contributed by atoms with Crippen molar-refractivity contribution < 1.29 is 4.79 Å². The maximum atomic E-state index is 11.8. The molecule has 2 rings (SSSR count). The molecule has 3 heteroatoms. The topological polar surface area (TPSA) is 55.1 Å². The van der Waals surface area contributed by atoms with Crippen molar-refractivity contribution >= 4 is 11.6 Å². The van der Waals surface area contributed by atoms with E-state index in [1.165, 1.54) is 0 Å². The van der Waals surface area contributed by atoms with E-state index in [2.05, 4.69) is 5.32 Å². The predicted octanol–water partition coefficient (Wildman–Crippen LogP) is 2.20. The molecule has 0 saturated heterocycles. The van der Waals surface area contributed by atoms with Gasteiger partial charge in [-0.05, 0) is 23.8 Å². The lowest BCUT2D eigenvalue weighted by Gasteiger charge is -2.07. The number of para-hydroxylation sites is 1. The first kappa shape index (κ1) is 11.2. The van der Waals surface area contributed by atoms with Gasteiger partial charge in [0, 0.05) is 17.8 Å². The molecule has 0 aliphatic carbocycles. The average molecular weight is 226 g/mol. The van der Waals surface area contributed by atoms with Gasteiger partial charge < -0.3 is 11.1 Å². The van der Waals surface area contributed by atoms with E-state index in [9.17, 15) is 4.79 Å². The maximum absolute atomic E-state index is 11.8. The summed E-state index contributed by atoms with van der Waals surface area (Å²) in [4.78, 5) is 11.8. The first-order valence-corrected chi connectivity index (χ1v) is 5.44. The molecule has 0 unspecified atom stereocenters. The van der Waals surface area contributed by atoms with E-state index in [-0.39, 0.29) is 5.91 Å². The van der Waals surface area contributed by atoms with Crippen LogP contribution in [0.15, 0.2) is 54.6 Å². The van der Waals surface area contributed by atoms with Crippen molar-refractivity contribution in [2.24, 2.45) is 0 Å². The zero-order valence-electron chi connectivity index (χ0n) is 9.39. The summed E-state index contributed by atoms with van der Waals surface area (Å²) in [6.07, 6.45) is 0. The molecule has 2 aromatic carbocycles. The zero-order valence-corrected chi connectivity index (χ0v) is 9.39. The second kappa shape index (κ2) is 5.16. The molecule has 0 aliphatic rings. The van der Waals surface area contributed by atoms with E-state index in [0.29, 0.717) is 17.8 Å². The lowest BCUT2D eigenvalue weighted by atomic mass is 10.1. The van der Waals surface area contributed by atoms with E-state index in [0.717, 1.165) is 5.56 Å². The second-order valence-electron chi connectivity index (χ2n) is 3.75. The summed E-state index contributed by atoms with van der Waals surface area (Å²) < 4.78 is 0. The standard InChI is InChI=1S/C14H14N2O/c15-13-9-5-4-8-12(13)10-16-14(17)11-6-2-1-3-7-11/h1-9H,10,15H2,(H,16,17). The van der Waals surface area contributed by atoms with Crippen molar-refractivity contribution in [2.75, 3.05) is 5.73 Å². The number of nitrogen functional groups attached to an aromatic ring is 1. The number of anilines is 1. The Labute approximate surface area is 100 Å². The third-order valence-electron chi connectivity index (χ3n) is 2.53. The van der Waals surface area contributed by atoms with Crippen LogP contribution < -0.4 is 11.1 Å². The Morgan fingerprint density at radius 1 is 1.00 bits per heavy atom. The summed E-state index contributed by atoms with van der Waals surface area (Å²) in [6, 6.07) is 16.6. The molecular formula is C14H14N2O. The smallest absolute Gasteiger partial charge is 0.251 e. The van der Waals surface area contributed by atoms with Crippen LogP contribution in [-0.2, 0) is 6.54 Å². The molecule has 3 N–H and O–H groups in total. The number of nitrogens with one attached hydrogen (secondary N) is 1. The number of carbonyl (C=O) groups excluding carboxylic acids is 1. The molecular weight excluding hydrogens is 212 g/mol. The van der Waals surface area contributed by atoms with Gasteiger partial charge in [-0.15, -0.1) is 0 Å². The van der Waals surface area contributed by atoms with Crippen LogP contribution >= 0.6 is 0 Å². The second-order valence-corrected chi connectivity index (χ2v) is 3.75. The molecule has 0 fully saturated rings. The number of hydrogen-bond donors (Lipinski definition) is 2. The van der Waals surface area contributed by atoms with Crippen LogP contribution in [0.25, 0.3) is 0 Å². The van der Waals surface area contributed by atoms with E-state index >= 15 is 0 Å². The molecule has 0 aliphatic heterocycles. The third kappa shape index (κ3) is 2.84. The van der Waals surface area contributed by atoms with Gasteiger partial charge in [0.1, 0.15) is 0 Å². The van der Waals surface area contributed by atoms with E-state index in [1.54, 1.807) is 12.1 Å². The van der Waals surface area contributed by atoms with Gasteiger partial charge in [-0.25, -0.2) is 0 Å². The normalized spacial score (nSPS) is 9.88. The molecule has 1 amide bonds. The van der Waals surface area contributed by atoms with Crippen LogP contribution in [0.3, 0.4) is 0 Å². The molecule has 0 bridgehead atoms. The van der Waals surface area contributed by atoms with Gasteiger partial charge in [0.25, 0.3) is 5.91 Å². The van der Waals surface area contributed by atoms with Gasteiger partial charge in [0.15, 0.2) is 0 Å². The van der Waals surface area contributed by atoms with Crippen molar-refractivity contribution in [3.8, 4) is 0 Å². The van der Waals surface area contributed by atoms with E-state index in [1.807, 2.05) is 42.5 Å². The van der Waals surface area contributed by atoms with Crippen LogP contribution in [0.2, 0.25) is 0 Å². The van der Waals surface area contributed by atoms with Crippen molar-refractivity contribution in [2.45, 2.75) is 6.54 Å². The zero-order chi connectivity index (χ0) is 12.1. The fraction of sp³-hybridized carbons (Fsp3) is 0.0714. The number of benzene rings is 2. The van der Waals surface area contributed by atoms with Gasteiger partial charge in [-0.1, -0.05) is 36.4 Å². The summed E-state index contributed by atoms with van der Waals surface area (Å²) in [7, 11) is 0. The highest BCUT2D eigenvalue weighted by atomic mass is 16.1. The lowest BCUT2D eigenvalue weighted by Crippen LogP contribution is -2.23. The quantitative estimate of drug-likeness (QED) is 0.788.